The minimum Gasteiger partial charge on any atom is -0.354 e. The van der Waals surface area contributed by atoms with E-state index in [1.165, 1.54) is 6.33 Å². The summed E-state index contributed by atoms with van der Waals surface area (Å²) in [7, 11) is 2.12. The molecule has 0 aliphatic carbocycles. The van der Waals surface area contributed by atoms with Gasteiger partial charge in [-0.1, -0.05) is 32.0 Å². The van der Waals surface area contributed by atoms with Gasteiger partial charge in [-0.2, -0.15) is 0 Å². The molecule has 0 atom stereocenters. The number of hydrogen-bond donors (Lipinski definition) is 1. The first-order valence-electron chi connectivity index (χ1n) is 9.12. The van der Waals surface area contributed by atoms with Crippen LogP contribution in [0.5, 0.6) is 0 Å². The van der Waals surface area contributed by atoms with Gasteiger partial charge < -0.3 is 15.1 Å². The molecule has 3 rings (SSSR count). The average molecular weight is 353 g/mol. The second-order valence-electron chi connectivity index (χ2n) is 7.20. The standard InChI is InChI=1S/C20H27N5O/c1-14(2)16-7-5-6-15(3)19(16)23-20(26)17-12-18(22-13-21-17)25-10-8-24(4)9-11-25/h5-7,12-14H,8-11H2,1-4H3,(H,23,26). The molecular weight excluding hydrogens is 326 g/mol. The minimum atomic E-state index is -0.195. The molecule has 1 aromatic carbocycles. The fraction of sp³-hybridized carbons (Fsp3) is 0.450. The molecule has 0 bridgehead atoms. The third-order valence-corrected chi connectivity index (χ3v) is 4.88. The van der Waals surface area contributed by atoms with E-state index in [1.54, 1.807) is 6.07 Å². The lowest BCUT2D eigenvalue weighted by Gasteiger charge is -2.33. The van der Waals surface area contributed by atoms with E-state index in [9.17, 15) is 4.79 Å². The quantitative estimate of drug-likeness (QED) is 0.916. The van der Waals surface area contributed by atoms with Gasteiger partial charge in [-0.05, 0) is 31.0 Å². The molecule has 0 saturated carbocycles. The van der Waals surface area contributed by atoms with Crippen LogP contribution in [0, 0.1) is 6.92 Å². The van der Waals surface area contributed by atoms with E-state index >= 15 is 0 Å². The van der Waals surface area contributed by atoms with Crippen LogP contribution in [0.25, 0.3) is 0 Å². The number of hydrogen-bond acceptors (Lipinski definition) is 5. The number of amides is 1. The molecule has 6 nitrogen and oxygen atoms in total. The van der Waals surface area contributed by atoms with E-state index in [2.05, 4.69) is 52.0 Å². The molecule has 1 fully saturated rings. The average Bonchev–Trinajstić information content (AvgIpc) is 2.64. The normalized spacial score (nSPS) is 15.3. The van der Waals surface area contributed by atoms with Crippen LogP contribution in [-0.4, -0.2) is 54.0 Å². The van der Waals surface area contributed by atoms with Crippen molar-refractivity contribution in [3.63, 3.8) is 0 Å². The first-order chi connectivity index (χ1) is 12.5. The number of rotatable bonds is 4. The Morgan fingerprint density at radius 1 is 1.15 bits per heavy atom. The zero-order valence-corrected chi connectivity index (χ0v) is 16.0. The molecule has 0 radical (unpaired) electrons. The summed E-state index contributed by atoms with van der Waals surface area (Å²) in [5.41, 5.74) is 3.46. The summed E-state index contributed by atoms with van der Waals surface area (Å²) in [6.07, 6.45) is 1.48. The maximum absolute atomic E-state index is 12.8. The summed E-state index contributed by atoms with van der Waals surface area (Å²) in [5.74, 6) is 0.947. The van der Waals surface area contributed by atoms with Crippen molar-refractivity contribution in [2.45, 2.75) is 26.7 Å². The van der Waals surface area contributed by atoms with Crippen molar-refractivity contribution < 1.29 is 4.79 Å². The fourth-order valence-corrected chi connectivity index (χ4v) is 3.20. The number of carbonyl (C=O) groups is 1. The lowest BCUT2D eigenvalue weighted by molar-refractivity contribution is 0.102. The van der Waals surface area contributed by atoms with E-state index in [4.69, 9.17) is 0 Å². The number of nitrogens with zero attached hydrogens (tertiary/aromatic N) is 4. The molecule has 1 aromatic heterocycles. The summed E-state index contributed by atoms with van der Waals surface area (Å²) >= 11 is 0. The molecule has 138 valence electrons. The first-order valence-corrected chi connectivity index (χ1v) is 9.12. The summed E-state index contributed by atoms with van der Waals surface area (Å²) in [4.78, 5) is 25.8. The molecule has 1 aliphatic heterocycles. The zero-order valence-electron chi connectivity index (χ0n) is 16.0. The number of carbonyl (C=O) groups excluding carboxylic acids is 1. The highest BCUT2D eigenvalue weighted by Crippen LogP contribution is 2.28. The Kier molecular flexibility index (Phi) is 5.52. The van der Waals surface area contributed by atoms with Crippen molar-refractivity contribution in [3.05, 3.63) is 47.4 Å². The number of aryl methyl sites for hydroxylation is 1. The highest BCUT2D eigenvalue weighted by molar-refractivity contribution is 6.04. The molecule has 1 aliphatic rings. The van der Waals surface area contributed by atoms with Crippen molar-refractivity contribution in [1.82, 2.24) is 14.9 Å². The van der Waals surface area contributed by atoms with Crippen LogP contribution >= 0.6 is 0 Å². The van der Waals surface area contributed by atoms with Gasteiger partial charge in [-0.25, -0.2) is 9.97 Å². The Bertz CT molecular complexity index is 782. The van der Waals surface area contributed by atoms with E-state index in [-0.39, 0.29) is 5.91 Å². The van der Waals surface area contributed by atoms with Gasteiger partial charge in [-0.15, -0.1) is 0 Å². The molecular formula is C20H27N5O. The Morgan fingerprint density at radius 3 is 2.58 bits per heavy atom. The predicted molar refractivity (Wildman–Crippen MR) is 105 cm³/mol. The Hall–Kier alpha value is -2.47. The summed E-state index contributed by atoms with van der Waals surface area (Å²) in [5, 5.41) is 3.06. The number of piperazine rings is 1. The SMILES string of the molecule is Cc1cccc(C(C)C)c1NC(=O)c1cc(N2CCN(C)CC2)ncn1. The van der Waals surface area contributed by atoms with Gasteiger partial charge >= 0.3 is 0 Å². The second-order valence-corrected chi connectivity index (χ2v) is 7.20. The first kappa shape index (κ1) is 18.3. The Labute approximate surface area is 155 Å². The van der Waals surface area contributed by atoms with Gasteiger partial charge in [0.05, 0.1) is 0 Å². The molecule has 2 aromatic rings. The second kappa shape index (κ2) is 7.83. The molecule has 6 heteroatoms. The number of nitrogens with one attached hydrogen (secondary N) is 1. The van der Waals surface area contributed by atoms with Crippen LogP contribution in [-0.2, 0) is 0 Å². The molecule has 26 heavy (non-hydrogen) atoms. The highest BCUT2D eigenvalue weighted by Gasteiger charge is 2.18. The van der Waals surface area contributed by atoms with Crippen molar-refractivity contribution in [2.75, 3.05) is 43.4 Å². The number of benzene rings is 1. The van der Waals surface area contributed by atoms with E-state index in [0.717, 1.165) is 48.8 Å². The van der Waals surface area contributed by atoms with Crippen molar-refractivity contribution in [2.24, 2.45) is 0 Å². The number of likely N-dealkylation sites (N-methyl/N-ethyl adjacent to an activating group) is 1. The van der Waals surface area contributed by atoms with E-state index in [0.29, 0.717) is 11.6 Å². The van der Waals surface area contributed by atoms with E-state index < -0.39 is 0 Å². The molecule has 0 unspecified atom stereocenters. The number of para-hydroxylation sites is 1. The maximum Gasteiger partial charge on any atom is 0.274 e. The van der Waals surface area contributed by atoms with Gasteiger partial charge in [0.15, 0.2) is 0 Å². The molecule has 1 amide bonds. The van der Waals surface area contributed by atoms with Crippen LogP contribution in [0.4, 0.5) is 11.5 Å². The third-order valence-electron chi connectivity index (χ3n) is 4.88. The van der Waals surface area contributed by atoms with Gasteiger partial charge in [0.2, 0.25) is 0 Å². The van der Waals surface area contributed by atoms with Crippen molar-refractivity contribution in [3.8, 4) is 0 Å². The van der Waals surface area contributed by atoms with E-state index in [1.807, 2.05) is 19.1 Å². The van der Waals surface area contributed by atoms with Crippen molar-refractivity contribution in [1.29, 1.82) is 0 Å². The lowest BCUT2D eigenvalue weighted by atomic mass is 9.98. The summed E-state index contributed by atoms with van der Waals surface area (Å²) in [6, 6.07) is 7.88. The van der Waals surface area contributed by atoms with Gasteiger partial charge in [0.1, 0.15) is 17.8 Å². The lowest BCUT2D eigenvalue weighted by Crippen LogP contribution is -2.44. The molecule has 0 spiro atoms. The molecule has 1 N–H and O–H groups in total. The Balaban J connectivity index is 1.80. The van der Waals surface area contributed by atoms with Gasteiger partial charge in [0, 0.05) is 37.9 Å². The molecule has 2 heterocycles. The summed E-state index contributed by atoms with van der Waals surface area (Å²) < 4.78 is 0. The van der Waals surface area contributed by atoms with Crippen LogP contribution < -0.4 is 10.2 Å². The van der Waals surface area contributed by atoms with Crippen molar-refractivity contribution >= 4 is 17.4 Å². The topological polar surface area (TPSA) is 61.4 Å². The maximum atomic E-state index is 12.8. The smallest absolute Gasteiger partial charge is 0.274 e. The van der Waals surface area contributed by atoms with Gasteiger partial charge in [0.25, 0.3) is 5.91 Å². The van der Waals surface area contributed by atoms with Crippen LogP contribution in [0.3, 0.4) is 0 Å². The minimum absolute atomic E-state index is 0.195. The Morgan fingerprint density at radius 2 is 1.88 bits per heavy atom. The largest absolute Gasteiger partial charge is 0.354 e. The van der Waals surface area contributed by atoms with Gasteiger partial charge in [-0.3, -0.25) is 4.79 Å². The van der Waals surface area contributed by atoms with Crippen LogP contribution in [0.2, 0.25) is 0 Å². The summed E-state index contributed by atoms with van der Waals surface area (Å²) in [6.45, 7) is 10.1. The monoisotopic (exact) mass is 353 g/mol. The number of aromatic nitrogens is 2. The predicted octanol–water partition coefficient (Wildman–Crippen LogP) is 2.91. The zero-order chi connectivity index (χ0) is 18.7. The van der Waals surface area contributed by atoms with Crippen LogP contribution in [0.15, 0.2) is 30.6 Å². The third kappa shape index (κ3) is 4.02. The molecule has 1 saturated heterocycles. The fourth-order valence-electron chi connectivity index (χ4n) is 3.20. The van der Waals surface area contributed by atoms with Crippen LogP contribution in [0.1, 0.15) is 41.4 Å². The number of anilines is 2. The highest BCUT2D eigenvalue weighted by atomic mass is 16.1.